The Morgan fingerprint density at radius 3 is 2.56 bits per heavy atom. The van der Waals surface area contributed by atoms with Crippen LogP contribution in [0.25, 0.3) is 0 Å². The van der Waals surface area contributed by atoms with Gasteiger partial charge in [-0.05, 0) is 51.0 Å². The van der Waals surface area contributed by atoms with Gasteiger partial charge in [0.25, 0.3) is 0 Å². The Morgan fingerprint density at radius 1 is 1.28 bits per heavy atom. The van der Waals surface area contributed by atoms with Crippen LogP contribution >= 0.6 is 0 Å². The van der Waals surface area contributed by atoms with E-state index >= 15 is 0 Å². The highest BCUT2D eigenvalue weighted by molar-refractivity contribution is 5.92. The minimum absolute atomic E-state index is 0.139. The fraction of sp³-hybridized carbons (Fsp3) is 0.500. The molecule has 4 nitrogen and oxygen atoms in total. The Hall–Kier alpha value is -1.55. The molecule has 0 heterocycles. The molecule has 2 N–H and O–H groups in total. The van der Waals surface area contributed by atoms with Crippen LogP contribution in [0.4, 0.5) is 5.69 Å². The van der Waals surface area contributed by atoms with Crippen molar-refractivity contribution in [2.24, 2.45) is 0 Å². The Kier molecular flexibility index (Phi) is 5.16. The smallest absolute Gasteiger partial charge is 0.338 e. The van der Waals surface area contributed by atoms with E-state index in [2.05, 4.69) is 0 Å². The number of aryl methyl sites for hydroxylation is 1. The molecule has 0 unspecified atom stereocenters. The lowest BCUT2D eigenvalue weighted by Crippen LogP contribution is -2.15. The normalized spacial score (nSPS) is 10.7. The highest BCUT2D eigenvalue weighted by Crippen LogP contribution is 2.18. The monoisotopic (exact) mass is 251 g/mol. The topological polar surface area (TPSA) is 61.6 Å². The van der Waals surface area contributed by atoms with Crippen molar-refractivity contribution in [2.75, 3.05) is 18.9 Å². The maximum atomic E-state index is 11.9. The summed E-state index contributed by atoms with van der Waals surface area (Å²) in [6.45, 7) is 8.34. The standard InChI is InChI=1S/C14H21NO3/c1-9(2)17-5-6-18-14(16)13-8-12(15)7-10(3)11(13)4/h7-9H,5-6,15H2,1-4H3. The quantitative estimate of drug-likeness (QED) is 0.496. The van der Waals surface area contributed by atoms with Gasteiger partial charge in [0.2, 0.25) is 0 Å². The summed E-state index contributed by atoms with van der Waals surface area (Å²) in [6, 6.07) is 3.49. The lowest BCUT2D eigenvalue weighted by atomic mass is 10.0. The van der Waals surface area contributed by atoms with Gasteiger partial charge in [0, 0.05) is 5.69 Å². The first-order chi connectivity index (χ1) is 8.41. The molecule has 0 amide bonds. The van der Waals surface area contributed by atoms with Crippen LogP contribution in [0.15, 0.2) is 12.1 Å². The van der Waals surface area contributed by atoms with Crippen molar-refractivity contribution in [2.45, 2.75) is 33.8 Å². The van der Waals surface area contributed by atoms with Gasteiger partial charge in [0.05, 0.1) is 18.3 Å². The van der Waals surface area contributed by atoms with Crippen LogP contribution in [0.1, 0.15) is 35.3 Å². The van der Waals surface area contributed by atoms with Gasteiger partial charge in [-0.2, -0.15) is 0 Å². The number of anilines is 1. The summed E-state index contributed by atoms with van der Waals surface area (Å²) in [5.74, 6) is -0.352. The fourth-order valence-electron chi connectivity index (χ4n) is 1.60. The van der Waals surface area contributed by atoms with Gasteiger partial charge in [0.1, 0.15) is 6.61 Å². The van der Waals surface area contributed by atoms with E-state index in [4.69, 9.17) is 15.2 Å². The number of carbonyl (C=O) groups excluding carboxylic acids is 1. The van der Waals surface area contributed by atoms with Crippen LogP contribution in [0.5, 0.6) is 0 Å². The molecular formula is C14H21NO3. The van der Waals surface area contributed by atoms with Crippen molar-refractivity contribution < 1.29 is 14.3 Å². The number of nitrogen functional groups attached to an aromatic ring is 1. The van der Waals surface area contributed by atoms with Crippen LogP contribution in [-0.2, 0) is 9.47 Å². The third kappa shape index (κ3) is 4.04. The zero-order valence-corrected chi connectivity index (χ0v) is 11.4. The fourth-order valence-corrected chi connectivity index (χ4v) is 1.60. The van der Waals surface area contributed by atoms with E-state index in [1.54, 1.807) is 6.07 Å². The number of benzene rings is 1. The van der Waals surface area contributed by atoms with Crippen LogP contribution in [0, 0.1) is 13.8 Å². The SMILES string of the molecule is Cc1cc(N)cc(C(=O)OCCOC(C)C)c1C. The summed E-state index contributed by atoms with van der Waals surface area (Å²) < 4.78 is 10.5. The summed E-state index contributed by atoms with van der Waals surface area (Å²) in [7, 11) is 0. The van der Waals surface area contributed by atoms with Gasteiger partial charge < -0.3 is 15.2 Å². The Balaban J connectivity index is 2.62. The van der Waals surface area contributed by atoms with E-state index in [1.165, 1.54) is 0 Å². The molecule has 1 aromatic rings. The Bertz CT molecular complexity index is 427. The molecule has 100 valence electrons. The van der Waals surface area contributed by atoms with E-state index in [0.29, 0.717) is 17.9 Å². The van der Waals surface area contributed by atoms with Gasteiger partial charge in [0.15, 0.2) is 0 Å². The third-order valence-corrected chi connectivity index (χ3v) is 2.68. The average Bonchev–Trinajstić information content (AvgIpc) is 2.28. The van der Waals surface area contributed by atoms with Crippen LogP contribution in [0.2, 0.25) is 0 Å². The zero-order chi connectivity index (χ0) is 13.7. The number of rotatable bonds is 5. The second kappa shape index (κ2) is 6.40. The van der Waals surface area contributed by atoms with Gasteiger partial charge in [-0.25, -0.2) is 4.79 Å². The van der Waals surface area contributed by atoms with E-state index in [9.17, 15) is 4.79 Å². The molecule has 0 bridgehead atoms. The molecule has 0 aliphatic rings. The minimum Gasteiger partial charge on any atom is -0.460 e. The molecular weight excluding hydrogens is 230 g/mol. The van der Waals surface area contributed by atoms with Crippen molar-refractivity contribution in [3.8, 4) is 0 Å². The summed E-state index contributed by atoms with van der Waals surface area (Å²) in [4.78, 5) is 11.9. The lowest BCUT2D eigenvalue weighted by Gasteiger charge is -2.11. The van der Waals surface area contributed by atoms with E-state index in [1.807, 2.05) is 33.8 Å². The molecule has 0 aromatic heterocycles. The largest absolute Gasteiger partial charge is 0.460 e. The predicted molar refractivity (Wildman–Crippen MR) is 71.7 cm³/mol. The van der Waals surface area contributed by atoms with Crippen molar-refractivity contribution >= 4 is 11.7 Å². The van der Waals surface area contributed by atoms with Crippen molar-refractivity contribution in [3.63, 3.8) is 0 Å². The molecule has 0 aliphatic carbocycles. The van der Waals surface area contributed by atoms with Gasteiger partial charge >= 0.3 is 5.97 Å². The molecule has 18 heavy (non-hydrogen) atoms. The van der Waals surface area contributed by atoms with E-state index < -0.39 is 0 Å². The summed E-state index contributed by atoms with van der Waals surface area (Å²) in [5, 5.41) is 0. The summed E-state index contributed by atoms with van der Waals surface area (Å²) in [5.41, 5.74) is 8.71. The van der Waals surface area contributed by atoms with Crippen LogP contribution in [-0.4, -0.2) is 25.3 Å². The maximum absolute atomic E-state index is 11.9. The maximum Gasteiger partial charge on any atom is 0.338 e. The highest BCUT2D eigenvalue weighted by atomic mass is 16.6. The van der Waals surface area contributed by atoms with Crippen LogP contribution in [0.3, 0.4) is 0 Å². The Labute approximate surface area is 108 Å². The summed E-state index contributed by atoms with van der Waals surface area (Å²) in [6.07, 6.45) is 0.139. The number of carbonyl (C=O) groups is 1. The Morgan fingerprint density at radius 2 is 1.94 bits per heavy atom. The second-order valence-electron chi connectivity index (χ2n) is 4.57. The molecule has 0 aliphatic heterocycles. The molecule has 0 saturated heterocycles. The van der Waals surface area contributed by atoms with Gasteiger partial charge in [-0.3, -0.25) is 0 Å². The molecule has 0 radical (unpaired) electrons. The number of nitrogens with two attached hydrogens (primary N) is 1. The van der Waals surface area contributed by atoms with Crippen molar-refractivity contribution in [1.82, 2.24) is 0 Å². The first kappa shape index (κ1) is 14.5. The number of hydrogen-bond acceptors (Lipinski definition) is 4. The molecule has 1 aromatic carbocycles. The van der Waals surface area contributed by atoms with E-state index in [-0.39, 0.29) is 18.7 Å². The van der Waals surface area contributed by atoms with Crippen molar-refractivity contribution in [1.29, 1.82) is 0 Å². The van der Waals surface area contributed by atoms with Gasteiger partial charge in [-0.1, -0.05) is 0 Å². The first-order valence-electron chi connectivity index (χ1n) is 6.07. The lowest BCUT2D eigenvalue weighted by molar-refractivity contribution is 0.0176. The first-order valence-corrected chi connectivity index (χ1v) is 6.07. The average molecular weight is 251 g/mol. The number of ether oxygens (including phenoxy) is 2. The molecule has 4 heteroatoms. The van der Waals surface area contributed by atoms with Gasteiger partial charge in [-0.15, -0.1) is 0 Å². The number of esters is 1. The highest BCUT2D eigenvalue weighted by Gasteiger charge is 2.13. The van der Waals surface area contributed by atoms with E-state index in [0.717, 1.165) is 11.1 Å². The molecule has 1 rings (SSSR count). The zero-order valence-electron chi connectivity index (χ0n) is 11.4. The number of hydrogen-bond donors (Lipinski definition) is 1. The third-order valence-electron chi connectivity index (χ3n) is 2.68. The molecule has 0 fully saturated rings. The predicted octanol–water partition coefficient (Wildman–Crippen LogP) is 2.47. The van der Waals surface area contributed by atoms with Crippen LogP contribution < -0.4 is 5.73 Å². The minimum atomic E-state index is -0.352. The molecule has 0 spiro atoms. The van der Waals surface area contributed by atoms with Crippen molar-refractivity contribution in [3.05, 3.63) is 28.8 Å². The summed E-state index contributed by atoms with van der Waals surface area (Å²) >= 11 is 0. The second-order valence-corrected chi connectivity index (χ2v) is 4.57. The molecule has 0 saturated carbocycles. The molecule has 0 atom stereocenters.